The van der Waals surface area contributed by atoms with Crippen LogP contribution in [0.25, 0.3) is 0 Å². The van der Waals surface area contributed by atoms with Gasteiger partial charge in [-0.15, -0.1) is 0 Å². The Morgan fingerprint density at radius 2 is 1.84 bits per heavy atom. The standard InChI is InChI=1S/C17H20N4O4/c1-3-24-13(22)10-12-14(16(25-4-2)21-17(18)19-12)20-15(23)11-8-6-5-7-9-11/h5-9H,3-4,10H2,1-2H3,(H,20,23)(H2,18,19,21). The van der Waals surface area contributed by atoms with E-state index in [0.717, 1.165) is 0 Å². The molecule has 0 bridgehead atoms. The SMILES string of the molecule is CCOC(=O)Cc1nc(N)nc(OCC)c1NC(=O)c1ccccc1. The fourth-order valence-corrected chi connectivity index (χ4v) is 2.12. The number of hydrogen-bond acceptors (Lipinski definition) is 7. The molecule has 2 rings (SSSR count). The molecular formula is C17H20N4O4. The molecule has 0 fully saturated rings. The molecule has 0 aliphatic carbocycles. The summed E-state index contributed by atoms with van der Waals surface area (Å²) < 4.78 is 10.4. The quantitative estimate of drug-likeness (QED) is 0.736. The van der Waals surface area contributed by atoms with Gasteiger partial charge in [0.2, 0.25) is 11.8 Å². The molecule has 25 heavy (non-hydrogen) atoms. The minimum Gasteiger partial charge on any atom is -0.476 e. The molecule has 0 aliphatic rings. The number of ether oxygens (including phenoxy) is 2. The van der Waals surface area contributed by atoms with Crippen molar-refractivity contribution in [2.45, 2.75) is 20.3 Å². The van der Waals surface area contributed by atoms with Gasteiger partial charge in [0.25, 0.3) is 5.91 Å². The van der Waals surface area contributed by atoms with Crippen LogP contribution in [0.5, 0.6) is 5.88 Å². The molecule has 0 unspecified atom stereocenters. The summed E-state index contributed by atoms with van der Waals surface area (Å²) in [5, 5.41) is 2.70. The van der Waals surface area contributed by atoms with Gasteiger partial charge in [-0.2, -0.15) is 4.98 Å². The Labute approximate surface area is 145 Å². The zero-order chi connectivity index (χ0) is 18.2. The maximum absolute atomic E-state index is 12.4. The van der Waals surface area contributed by atoms with Crippen LogP contribution < -0.4 is 15.8 Å². The van der Waals surface area contributed by atoms with Gasteiger partial charge in [0.1, 0.15) is 5.69 Å². The molecular weight excluding hydrogens is 324 g/mol. The first-order valence-electron chi connectivity index (χ1n) is 7.86. The van der Waals surface area contributed by atoms with Crippen LogP contribution >= 0.6 is 0 Å². The van der Waals surface area contributed by atoms with E-state index in [9.17, 15) is 9.59 Å². The monoisotopic (exact) mass is 344 g/mol. The second-order valence-corrected chi connectivity index (χ2v) is 4.94. The third-order valence-electron chi connectivity index (χ3n) is 3.14. The first kappa shape index (κ1) is 18.2. The lowest BCUT2D eigenvalue weighted by molar-refractivity contribution is -0.142. The second-order valence-electron chi connectivity index (χ2n) is 4.94. The molecule has 8 nitrogen and oxygen atoms in total. The molecule has 0 saturated carbocycles. The largest absolute Gasteiger partial charge is 0.476 e. The summed E-state index contributed by atoms with van der Waals surface area (Å²) >= 11 is 0. The van der Waals surface area contributed by atoms with E-state index in [0.29, 0.717) is 12.2 Å². The number of amides is 1. The van der Waals surface area contributed by atoms with Crippen LogP contribution in [0.15, 0.2) is 30.3 Å². The number of carbonyl (C=O) groups excluding carboxylic acids is 2. The van der Waals surface area contributed by atoms with E-state index in [2.05, 4.69) is 15.3 Å². The number of nitrogens with zero attached hydrogens (tertiary/aromatic N) is 2. The smallest absolute Gasteiger partial charge is 0.311 e. The van der Waals surface area contributed by atoms with Crippen LogP contribution in [0.3, 0.4) is 0 Å². The Morgan fingerprint density at radius 1 is 1.12 bits per heavy atom. The number of nitrogens with one attached hydrogen (secondary N) is 1. The topological polar surface area (TPSA) is 116 Å². The van der Waals surface area contributed by atoms with Crippen molar-refractivity contribution in [3.8, 4) is 5.88 Å². The molecule has 132 valence electrons. The van der Waals surface area contributed by atoms with Gasteiger partial charge in [-0.25, -0.2) is 4.98 Å². The van der Waals surface area contributed by atoms with E-state index < -0.39 is 5.97 Å². The minimum atomic E-state index is -0.488. The first-order chi connectivity index (χ1) is 12.0. The summed E-state index contributed by atoms with van der Waals surface area (Å²) in [6.45, 7) is 4.02. The second kappa shape index (κ2) is 8.62. The van der Waals surface area contributed by atoms with Gasteiger partial charge in [-0.1, -0.05) is 18.2 Å². The number of aromatic nitrogens is 2. The van der Waals surface area contributed by atoms with Gasteiger partial charge in [-0.05, 0) is 26.0 Å². The number of benzene rings is 1. The van der Waals surface area contributed by atoms with E-state index in [4.69, 9.17) is 15.2 Å². The summed E-state index contributed by atoms with van der Waals surface area (Å²) in [7, 11) is 0. The summed E-state index contributed by atoms with van der Waals surface area (Å²) in [5.74, 6) is -0.808. The molecule has 1 amide bonds. The maximum Gasteiger partial charge on any atom is 0.311 e. The third kappa shape index (κ3) is 4.90. The molecule has 1 aromatic carbocycles. The highest BCUT2D eigenvalue weighted by Crippen LogP contribution is 2.27. The molecule has 3 N–H and O–H groups in total. The van der Waals surface area contributed by atoms with Crippen LogP contribution in [-0.2, 0) is 16.0 Å². The van der Waals surface area contributed by atoms with Crippen molar-refractivity contribution in [1.29, 1.82) is 0 Å². The maximum atomic E-state index is 12.4. The molecule has 8 heteroatoms. The summed E-state index contributed by atoms with van der Waals surface area (Å²) in [4.78, 5) is 32.3. The first-order valence-corrected chi connectivity index (χ1v) is 7.86. The molecule has 2 aromatic rings. The van der Waals surface area contributed by atoms with E-state index in [-0.39, 0.29) is 42.1 Å². The molecule has 0 atom stereocenters. The van der Waals surface area contributed by atoms with Crippen LogP contribution in [0, 0.1) is 0 Å². The van der Waals surface area contributed by atoms with Crippen LogP contribution in [0.2, 0.25) is 0 Å². The Bertz CT molecular complexity index is 750. The lowest BCUT2D eigenvalue weighted by atomic mass is 10.2. The highest BCUT2D eigenvalue weighted by molar-refractivity contribution is 6.05. The van der Waals surface area contributed by atoms with Crippen molar-refractivity contribution in [3.63, 3.8) is 0 Å². The normalized spacial score (nSPS) is 10.2. The molecule has 1 aromatic heterocycles. The summed E-state index contributed by atoms with van der Waals surface area (Å²) in [6.07, 6.45) is -0.162. The van der Waals surface area contributed by atoms with E-state index in [1.807, 2.05) is 0 Å². The highest BCUT2D eigenvalue weighted by atomic mass is 16.5. The minimum absolute atomic E-state index is 0.0551. The number of nitrogen functional groups attached to an aromatic ring is 1. The van der Waals surface area contributed by atoms with Crippen LogP contribution in [0.1, 0.15) is 29.9 Å². The Morgan fingerprint density at radius 3 is 2.48 bits per heavy atom. The lowest BCUT2D eigenvalue weighted by Gasteiger charge is -2.15. The predicted octanol–water partition coefficient (Wildman–Crippen LogP) is 1.82. The molecule has 0 spiro atoms. The van der Waals surface area contributed by atoms with Crippen molar-refractivity contribution in [1.82, 2.24) is 9.97 Å². The van der Waals surface area contributed by atoms with Crippen molar-refractivity contribution in [2.24, 2.45) is 0 Å². The zero-order valence-corrected chi connectivity index (χ0v) is 14.1. The number of anilines is 2. The van der Waals surface area contributed by atoms with E-state index >= 15 is 0 Å². The fraction of sp³-hybridized carbons (Fsp3) is 0.294. The van der Waals surface area contributed by atoms with Gasteiger partial charge in [0.15, 0.2) is 0 Å². The molecule has 1 heterocycles. The van der Waals surface area contributed by atoms with E-state index in [1.54, 1.807) is 44.2 Å². The number of esters is 1. The average molecular weight is 344 g/mol. The zero-order valence-electron chi connectivity index (χ0n) is 14.1. The Hall–Kier alpha value is -3.16. The van der Waals surface area contributed by atoms with Crippen molar-refractivity contribution < 1.29 is 19.1 Å². The number of hydrogen-bond donors (Lipinski definition) is 2. The number of carbonyl (C=O) groups is 2. The van der Waals surface area contributed by atoms with Crippen LogP contribution in [0.4, 0.5) is 11.6 Å². The van der Waals surface area contributed by atoms with Gasteiger partial charge in [0, 0.05) is 5.56 Å². The van der Waals surface area contributed by atoms with Crippen molar-refractivity contribution >= 4 is 23.5 Å². The Kier molecular flexibility index (Phi) is 6.27. The predicted molar refractivity (Wildman–Crippen MR) is 92.3 cm³/mol. The Balaban J connectivity index is 2.37. The summed E-state index contributed by atoms with van der Waals surface area (Å²) in [5.41, 5.74) is 6.57. The van der Waals surface area contributed by atoms with Crippen molar-refractivity contribution in [2.75, 3.05) is 24.3 Å². The molecule has 0 radical (unpaired) electrons. The fourth-order valence-electron chi connectivity index (χ4n) is 2.12. The average Bonchev–Trinajstić information content (AvgIpc) is 2.59. The van der Waals surface area contributed by atoms with Gasteiger partial charge < -0.3 is 20.5 Å². The van der Waals surface area contributed by atoms with Gasteiger partial charge in [0.05, 0.1) is 25.3 Å². The van der Waals surface area contributed by atoms with Crippen molar-refractivity contribution in [3.05, 3.63) is 41.6 Å². The number of nitrogens with two attached hydrogens (primary N) is 1. The van der Waals surface area contributed by atoms with E-state index in [1.165, 1.54) is 0 Å². The molecule has 0 saturated heterocycles. The molecule has 0 aliphatic heterocycles. The van der Waals surface area contributed by atoms with Gasteiger partial charge >= 0.3 is 5.97 Å². The number of rotatable bonds is 7. The third-order valence-corrected chi connectivity index (χ3v) is 3.14. The van der Waals surface area contributed by atoms with Gasteiger partial charge in [-0.3, -0.25) is 9.59 Å². The van der Waals surface area contributed by atoms with Crippen LogP contribution in [-0.4, -0.2) is 35.1 Å². The lowest BCUT2D eigenvalue weighted by Crippen LogP contribution is -2.19. The highest BCUT2D eigenvalue weighted by Gasteiger charge is 2.20. The summed E-state index contributed by atoms with van der Waals surface area (Å²) in [6, 6.07) is 8.63.